The van der Waals surface area contributed by atoms with Crippen molar-refractivity contribution in [2.24, 2.45) is 0 Å². The Morgan fingerprint density at radius 1 is 1.14 bits per heavy atom. The Kier molecular flexibility index (Phi) is 7.53. The van der Waals surface area contributed by atoms with Gasteiger partial charge in [-0.2, -0.15) is 13.2 Å². The summed E-state index contributed by atoms with van der Waals surface area (Å²) < 4.78 is 46.6. The number of rotatable bonds is 9. The molecule has 21 heavy (non-hydrogen) atoms. The lowest BCUT2D eigenvalue weighted by atomic mass is 10.2. The van der Waals surface area contributed by atoms with E-state index in [1.54, 1.807) is 12.1 Å². The molecule has 1 aromatic rings. The van der Waals surface area contributed by atoms with Crippen molar-refractivity contribution in [2.75, 3.05) is 19.8 Å². The first kappa shape index (κ1) is 17.8. The number of halogens is 3. The van der Waals surface area contributed by atoms with E-state index in [2.05, 4.69) is 17.0 Å². The molecular formula is C15H22F3NO2. The van der Waals surface area contributed by atoms with Gasteiger partial charge in [-0.25, -0.2) is 0 Å². The molecule has 1 unspecified atom stereocenters. The van der Waals surface area contributed by atoms with Crippen molar-refractivity contribution in [1.29, 1.82) is 0 Å². The van der Waals surface area contributed by atoms with Gasteiger partial charge < -0.3 is 14.8 Å². The largest absolute Gasteiger partial charge is 0.491 e. The Bertz CT molecular complexity index is 393. The molecule has 0 heterocycles. The van der Waals surface area contributed by atoms with E-state index in [9.17, 15) is 13.2 Å². The van der Waals surface area contributed by atoms with E-state index >= 15 is 0 Å². The van der Waals surface area contributed by atoms with Gasteiger partial charge in [-0.3, -0.25) is 0 Å². The van der Waals surface area contributed by atoms with E-state index in [-0.39, 0.29) is 13.2 Å². The van der Waals surface area contributed by atoms with Crippen LogP contribution >= 0.6 is 0 Å². The maximum Gasteiger partial charge on any atom is 0.414 e. The third kappa shape index (κ3) is 7.34. The van der Waals surface area contributed by atoms with Crippen LogP contribution in [0.1, 0.15) is 25.8 Å². The van der Waals surface area contributed by atoms with Crippen LogP contribution < -0.4 is 10.1 Å². The maximum atomic E-state index is 12.2. The van der Waals surface area contributed by atoms with Crippen molar-refractivity contribution in [3.63, 3.8) is 0 Å². The van der Waals surface area contributed by atoms with Gasteiger partial charge in [0.15, 0.2) is 6.10 Å². The Labute approximate surface area is 123 Å². The van der Waals surface area contributed by atoms with Crippen molar-refractivity contribution >= 4 is 0 Å². The second kappa shape index (κ2) is 8.89. The van der Waals surface area contributed by atoms with Crippen molar-refractivity contribution in [1.82, 2.24) is 5.32 Å². The summed E-state index contributed by atoms with van der Waals surface area (Å²) in [7, 11) is 0. The summed E-state index contributed by atoms with van der Waals surface area (Å²) >= 11 is 0. The second-order valence-electron chi connectivity index (χ2n) is 4.72. The van der Waals surface area contributed by atoms with Crippen LogP contribution in [0.3, 0.4) is 0 Å². The molecule has 0 aliphatic rings. The van der Waals surface area contributed by atoms with Crippen LogP contribution in [0.2, 0.25) is 0 Å². The van der Waals surface area contributed by atoms with Crippen LogP contribution in [-0.4, -0.2) is 32.0 Å². The van der Waals surface area contributed by atoms with E-state index in [1.807, 2.05) is 12.1 Å². The third-order valence-electron chi connectivity index (χ3n) is 2.86. The van der Waals surface area contributed by atoms with Crippen LogP contribution in [0, 0.1) is 0 Å². The van der Waals surface area contributed by atoms with Crippen LogP contribution in [-0.2, 0) is 11.3 Å². The minimum absolute atomic E-state index is 0.0911. The van der Waals surface area contributed by atoms with Gasteiger partial charge in [0.25, 0.3) is 0 Å². The predicted molar refractivity (Wildman–Crippen MR) is 75.4 cm³/mol. The van der Waals surface area contributed by atoms with Crippen LogP contribution in [0.25, 0.3) is 0 Å². The average Bonchev–Trinajstić information content (AvgIpc) is 2.44. The van der Waals surface area contributed by atoms with Gasteiger partial charge in [-0.15, -0.1) is 0 Å². The molecule has 6 heteroatoms. The molecule has 0 saturated carbocycles. The molecule has 1 atom stereocenters. The summed E-state index contributed by atoms with van der Waals surface area (Å²) in [5.74, 6) is 0.623. The Morgan fingerprint density at radius 2 is 1.81 bits per heavy atom. The number of hydrogen-bond acceptors (Lipinski definition) is 3. The summed E-state index contributed by atoms with van der Waals surface area (Å²) in [6.07, 6.45) is -5.02. The van der Waals surface area contributed by atoms with Gasteiger partial charge in [-0.05, 0) is 37.6 Å². The van der Waals surface area contributed by atoms with E-state index in [0.717, 1.165) is 32.0 Å². The molecule has 0 bridgehead atoms. The zero-order chi connectivity index (χ0) is 15.7. The fraction of sp³-hybridized carbons (Fsp3) is 0.600. The highest BCUT2D eigenvalue weighted by atomic mass is 19.4. The first-order chi connectivity index (χ1) is 9.93. The smallest absolute Gasteiger partial charge is 0.414 e. The lowest BCUT2D eigenvalue weighted by Crippen LogP contribution is -2.29. The number of alkyl halides is 3. The van der Waals surface area contributed by atoms with Gasteiger partial charge in [0, 0.05) is 6.54 Å². The standard InChI is InChI=1S/C15H22F3NO2/c1-3-8-19-11-13-4-6-14(7-5-13)21-10-9-20-12(2)15(16,17)18/h4-7,12,19H,3,8-11H2,1-2H3. The zero-order valence-electron chi connectivity index (χ0n) is 12.4. The lowest BCUT2D eigenvalue weighted by Gasteiger charge is -2.16. The van der Waals surface area contributed by atoms with Gasteiger partial charge in [0.2, 0.25) is 0 Å². The first-order valence-electron chi connectivity index (χ1n) is 7.04. The molecule has 0 aromatic heterocycles. The quantitative estimate of drug-likeness (QED) is 0.708. The fourth-order valence-corrected chi connectivity index (χ4v) is 1.59. The van der Waals surface area contributed by atoms with E-state index in [1.165, 1.54) is 0 Å². The highest BCUT2D eigenvalue weighted by Crippen LogP contribution is 2.22. The molecule has 0 spiro atoms. The molecule has 0 fully saturated rings. The summed E-state index contributed by atoms with van der Waals surface area (Å²) in [6, 6.07) is 7.46. The van der Waals surface area contributed by atoms with Crippen LogP contribution in [0.4, 0.5) is 13.2 Å². The van der Waals surface area contributed by atoms with Crippen molar-refractivity contribution < 1.29 is 22.6 Å². The predicted octanol–water partition coefficient (Wildman–Crippen LogP) is 3.53. The molecule has 0 aliphatic heterocycles. The number of nitrogens with one attached hydrogen (secondary N) is 1. The van der Waals surface area contributed by atoms with E-state index in [0.29, 0.717) is 5.75 Å². The topological polar surface area (TPSA) is 30.5 Å². The number of benzene rings is 1. The first-order valence-corrected chi connectivity index (χ1v) is 7.04. The Morgan fingerprint density at radius 3 is 2.38 bits per heavy atom. The fourth-order valence-electron chi connectivity index (χ4n) is 1.59. The molecule has 0 saturated heterocycles. The molecular weight excluding hydrogens is 283 g/mol. The van der Waals surface area contributed by atoms with Gasteiger partial charge in [0.1, 0.15) is 12.4 Å². The molecule has 3 nitrogen and oxygen atoms in total. The third-order valence-corrected chi connectivity index (χ3v) is 2.86. The van der Waals surface area contributed by atoms with Crippen molar-refractivity contribution in [2.45, 2.75) is 39.1 Å². The van der Waals surface area contributed by atoms with Crippen LogP contribution in [0.15, 0.2) is 24.3 Å². The van der Waals surface area contributed by atoms with E-state index in [4.69, 9.17) is 4.74 Å². The normalized spacial score (nSPS) is 13.2. The summed E-state index contributed by atoms with van der Waals surface area (Å²) in [5.41, 5.74) is 1.14. The SMILES string of the molecule is CCCNCc1ccc(OCCOC(C)C(F)(F)F)cc1. The molecule has 0 amide bonds. The molecule has 1 N–H and O–H groups in total. The van der Waals surface area contributed by atoms with Gasteiger partial charge in [0.05, 0.1) is 6.61 Å². The molecule has 120 valence electrons. The highest BCUT2D eigenvalue weighted by Gasteiger charge is 2.36. The van der Waals surface area contributed by atoms with E-state index < -0.39 is 12.3 Å². The molecule has 0 radical (unpaired) electrons. The van der Waals surface area contributed by atoms with Crippen LogP contribution in [0.5, 0.6) is 5.75 Å². The maximum absolute atomic E-state index is 12.2. The monoisotopic (exact) mass is 305 g/mol. The van der Waals surface area contributed by atoms with Crippen molar-refractivity contribution in [3.8, 4) is 5.75 Å². The lowest BCUT2D eigenvalue weighted by molar-refractivity contribution is -0.215. The summed E-state index contributed by atoms with van der Waals surface area (Å²) in [4.78, 5) is 0. The Balaban J connectivity index is 2.24. The Hall–Kier alpha value is -1.27. The average molecular weight is 305 g/mol. The minimum atomic E-state index is -4.33. The molecule has 1 aromatic carbocycles. The molecule has 1 rings (SSSR count). The zero-order valence-corrected chi connectivity index (χ0v) is 12.4. The summed E-state index contributed by atoms with van der Waals surface area (Å²) in [5, 5.41) is 3.28. The van der Waals surface area contributed by atoms with Gasteiger partial charge in [-0.1, -0.05) is 19.1 Å². The number of hydrogen-bond donors (Lipinski definition) is 1. The number of ether oxygens (including phenoxy) is 2. The minimum Gasteiger partial charge on any atom is -0.491 e. The molecule has 0 aliphatic carbocycles. The van der Waals surface area contributed by atoms with Crippen molar-refractivity contribution in [3.05, 3.63) is 29.8 Å². The summed E-state index contributed by atoms with van der Waals surface area (Å²) in [6.45, 7) is 4.84. The second-order valence-corrected chi connectivity index (χ2v) is 4.72. The highest BCUT2D eigenvalue weighted by molar-refractivity contribution is 5.27. The van der Waals surface area contributed by atoms with Gasteiger partial charge >= 0.3 is 6.18 Å².